The highest BCUT2D eigenvalue weighted by Crippen LogP contribution is 2.31. The number of hydrogen-bond acceptors (Lipinski definition) is 4. The molecule has 0 spiro atoms. The lowest BCUT2D eigenvalue weighted by Gasteiger charge is -2.02. The van der Waals surface area contributed by atoms with Crippen molar-refractivity contribution >= 4 is 22.7 Å². The van der Waals surface area contributed by atoms with Gasteiger partial charge in [0.05, 0.1) is 0 Å². The van der Waals surface area contributed by atoms with Crippen LogP contribution in [0.3, 0.4) is 0 Å². The van der Waals surface area contributed by atoms with Crippen molar-refractivity contribution in [3.05, 3.63) is 39.8 Å². The smallest absolute Gasteiger partial charge is 0.217 e. The van der Waals surface area contributed by atoms with E-state index in [-0.39, 0.29) is 0 Å². The fourth-order valence-corrected chi connectivity index (χ4v) is 3.80. The highest BCUT2D eigenvalue weighted by atomic mass is 32.1. The van der Waals surface area contributed by atoms with Crippen LogP contribution in [-0.4, -0.2) is 14.8 Å². The lowest BCUT2D eigenvalue weighted by Crippen LogP contribution is -1.97. The van der Waals surface area contributed by atoms with Crippen LogP contribution >= 0.6 is 22.7 Å². The van der Waals surface area contributed by atoms with Crippen LogP contribution in [0.4, 0.5) is 0 Å². The molecule has 0 atom stereocenters. The molecule has 0 aromatic carbocycles. The van der Waals surface area contributed by atoms with E-state index in [9.17, 15) is 0 Å². The van der Waals surface area contributed by atoms with Gasteiger partial charge in [-0.15, -0.1) is 21.5 Å². The third-order valence-electron chi connectivity index (χ3n) is 2.97. The predicted molar refractivity (Wildman–Crippen MR) is 76.8 cm³/mol. The second kappa shape index (κ2) is 4.33. The number of thiophene rings is 1. The molecule has 3 nitrogen and oxygen atoms in total. The Morgan fingerprint density at radius 1 is 1.00 bits per heavy atom. The summed E-state index contributed by atoms with van der Waals surface area (Å²) in [5.41, 5.74) is 3.58. The normalized spacial score (nSPS) is 11.1. The number of rotatable bonds is 2. The number of aryl methyl sites for hydroxylation is 3. The molecule has 3 rings (SSSR count). The second-order valence-electron chi connectivity index (χ2n) is 4.23. The summed E-state index contributed by atoms with van der Waals surface area (Å²) in [7, 11) is 0. The van der Waals surface area contributed by atoms with Crippen molar-refractivity contribution < 1.29 is 0 Å². The Balaban J connectivity index is 2.08. The summed E-state index contributed by atoms with van der Waals surface area (Å²) in [6.45, 7) is 6.29. The highest BCUT2D eigenvalue weighted by molar-refractivity contribution is 7.17. The molecule has 0 aliphatic rings. The minimum atomic E-state index is 0.940. The third-order valence-corrected chi connectivity index (χ3v) is 4.75. The van der Waals surface area contributed by atoms with Crippen LogP contribution in [0, 0.1) is 20.8 Å². The van der Waals surface area contributed by atoms with Gasteiger partial charge in [-0.2, -0.15) is 0 Å². The summed E-state index contributed by atoms with van der Waals surface area (Å²) in [5, 5.41) is 12.7. The van der Waals surface area contributed by atoms with E-state index in [1.165, 1.54) is 21.8 Å². The SMILES string of the molecule is Cc1sccc1-c1nnc(-n2c(C)ccc2C)s1. The molecule has 92 valence electrons. The molecule has 0 bridgehead atoms. The maximum atomic E-state index is 4.31. The lowest BCUT2D eigenvalue weighted by atomic mass is 10.3. The van der Waals surface area contributed by atoms with E-state index in [1.54, 1.807) is 22.7 Å². The van der Waals surface area contributed by atoms with Gasteiger partial charge >= 0.3 is 0 Å². The van der Waals surface area contributed by atoms with Crippen LogP contribution < -0.4 is 0 Å². The van der Waals surface area contributed by atoms with Gasteiger partial charge in [-0.3, -0.25) is 4.57 Å². The van der Waals surface area contributed by atoms with Crippen molar-refractivity contribution in [2.75, 3.05) is 0 Å². The molecule has 0 saturated heterocycles. The maximum Gasteiger partial charge on any atom is 0.217 e. The average Bonchev–Trinajstić information content (AvgIpc) is 3.00. The zero-order valence-electron chi connectivity index (χ0n) is 10.5. The molecule has 0 saturated carbocycles. The van der Waals surface area contributed by atoms with Crippen LogP contribution in [0.2, 0.25) is 0 Å². The molecule has 3 aromatic rings. The van der Waals surface area contributed by atoms with Gasteiger partial charge in [0.15, 0.2) is 5.01 Å². The van der Waals surface area contributed by atoms with E-state index in [1.807, 2.05) is 0 Å². The Morgan fingerprint density at radius 3 is 2.33 bits per heavy atom. The van der Waals surface area contributed by atoms with Crippen molar-refractivity contribution in [1.29, 1.82) is 0 Å². The Labute approximate surface area is 114 Å². The molecule has 3 heterocycles. The molecule has 0 N–H and O–H groups in total. The zero-order valence-corrected chi connectivity index (χ0v) is 12.1. The minimum absolute atomic E-state index is 0.940. The highest BCUT2D eigenvalue weighted by Gasteiger charge is 2.13. The molecule has 0 aliphatic carbocycles. The van der Waals surface area contributed by atoms with E-state index >= 15 is 0 Å². The van der Waals surface area contributed by atoms with E-state index in [2.05, 4.69) is 59.1 Å². The Hall–Kier alpha value is -1.46. The maximum absolute atomic E-state index is 4.31. The van der Waals surface area contributed by atoms with Gasteiger partial charge in [0, 0.05) is 21.8 Å². The number of nitrogens with zero attached hydrogens (tertiary/aromatic N) is 3. The van der Waals surface area contributed by atoms with Crippen molar-refractivity contribution in [1.82, 2.24) is 14.8 Å². The Kier molecular flexibility index (Phi) is 2.80. The first kappa shape index (κ1) is 11.6. The Morgan fingerprint density at radius 2 is 1.72 bits per heavy atom. The molecule has 0 unspecified atom stereocenters. The van der Waals surface area contributed by atoms with Crippen LogP contribution in [0.15, 0.2) is 23.6 Å². The third kappa shape index (κ3) is 1.79. The molecule has 0 amide bonds. The molecular formula is C13H13N3S2. The van der Waals surface area contributed by atoms with Gasteiger partial charge in [-0.1, -0.05) is 11.3 Å². The Bertz CT molecular complexity index is 671. The van der Waals surface area contributed by atoms with E-state index in [0.29, 0.717) is 0 Å². The van der Waals surface area contributed by atoms with Gasteiger partial charge in [-0.05, 0) is 44.4 Å². The molecule has 0 fully saturated rings. The van der Waals surface area contributed by atoms with E-state index in [4.69, 9.17) is 0 Å². The summed E-state index contributed by atoms with van der Waals surface area (Å²) < 4.78 is 2.14. The summed E-state index contributed by atoms with van der Waals surface area (Å²) in [4.78, 5) is 1.29. The fraction of sp³-hybridized carbons (Fsp3) is 0.231. The second-order valence-corrected chi connectivity index (χ2v) is 6.31. The standard InChI is InChI=1S/C13H13N3S2/c1-8-4-5-9(2)16(8)13-15-14-12(18-13)11-6-7-17-10(11)3/h4-7H,1-3H3. The van der Waals surface area contributed by atoms with Crippen LogP contribution in [0.5, 0.6) is 0 Å². The summed E-state index contributed by atoms with van der Waals surface area (Å²) in [6.07, 6.45) is 0. The van der Waals surface area contributed by atoms with Gasteiger partial charge in [0.2, 0.25) is 5.13 Å². The molecule has 0 radical (unpaired) electrons. The monoisotopic (exact) mass is 275 g/mol. The van der Waals surface area contributed by atoms with Gasteiger partial charge in [-0.25, -0.2) is 0 Å². The molecular weight excluding hydrogens is 262 g/mol. The van der Waals surface area contributed by atoms with E-state index in [0.717, 1.165) is 10.1 Å². The fourth-order valence-electron chi connectivity index (χ4n) is 1.99. The molecule has 0 aliphatic heterocycles. The summed E-state index contributed by atoms with van der Waals surface area (Å²) >= 11 is 3.38. The first-order chi connectivity index (χ1) is 8.66. The number of hydrogen-bond donors (Lipinski definition) is 0. The first-order valence-corrected chi connectivity index (χ1v) is 7.39. The van der Waals surface area contributed by atoms with Crippen molar-refractivity contribution in [3.63, 3.8) is 0 Å². The van der Waals surface area contributed by atoms with Gasteiger partial charge < -0.3 is 0 Å². The number of aromatic nitrogens is 3. The average molecular weight is 275 g/mol. The van der Waals surface area contributed by atoms with Crippen molar-refractivity contribution in [2.24, 2.45) is 0 Å². The summed E-state index contributed by atoms with van der Waals surface area (Å²) in [6, 6.07) is 6.32. The van der Waals surface area contributed by atoms with Crippen LogP contribution in [0.1, 0.15) is 16.3 Å². The zero-order chi connectivity index (χ0) is 12.7. The van der Waals surface area contributed by atoms with Gasteiger partial charge in [0.25, 0.3) is 0 Å². The molecule has 18 heavy (non-hydrogen) atoms. The topological polar surface area (TPSA) is 30.7 Å². The molecule has 3 aromatic heterocycles. The summed E-state index contributed by atoms with van der Waals surface area (Å²) in [5.74, 6) is 0. The quantitative estimate of drug-likeness (QED) is 0.708. The molecule has 5 heteroatoms. The minimum Gasteiger partial charge on any atom is -0.293 e. The van der Waals surface area contributed by atoms with E-state index < -0.39 is 0 Å². The first-order valence-electron chi connectivity index (χ1n) is 5.70. The van der Waals surface area contributed by atoms with Gasteiger partial charge in [0.1, 0.15) is 0 Å². The predicted octanol–water partition coefficient (Wildman–Crippen LogP) is 3.98. The largest absolute Gasteiger partial charge is 0.293 e. The van der Waals surface area contributed by atoms with Crippen molar-refractivity contribution in [3.8, 4) is 15.7 Å². The lowest BCUT2D eigenvalue weighted by molar-refractivity contribution is 0.913. The van der Waals surface area contributed by atoms with Crippen molar-refractivity contribution in [2.45, 2.75) is 20.8 Å². The van der Waals surface area contributed by atoms with Crippen LogP contribution in [0.25, 0.3) is 15.7 Å². The van der Waals surface area contributed by atoms with Crippen LogP contribution in [-0.2, 0) is 0 Å².